The molecule has 7 aromatic rings. The largest absolute Gasteiger partial charge is 0.308 e. The first-order valence-electron chi connectivity index (χ1n) is 11.1. The Morgan fingerprint density at radius 3 is 2.21 bits per heavy atom. The Bertz CT molecular complexity index is 1920. The van der Waals surface area contributed by atoms with Crippen molar-refractivity contribution in [2.75, 3.05) is 0 Å². The number of aromatic nitrogens is 4. The summed E-state index contributed by atoms with van der Waals surface area (Å²) < 4.78 is 4.41. The third kappa shape index (κ3) is 2.54. The monoisotopic (exact) mass is 435 g/mol. The van der Waals surface area contributed by atoms with Gasteiger partial charge in [0, 0.05) is 23.0 Å². The summed E-state index contributed by atoms with van der Waals surface area (Å²) in [4.78, 5) is 9.89. The minimum atomic E-state index is 0.615. The minimum absolute atomic E-state index is 0.615. The highest BCUT2D eigenvalue weighted by Crippen LogP contribution is 2.36. The zero-order valence-electron chi connectivity index (χ0n) is 18.1. The van der Waals surface area contributed by atoms with E-state index >= 15 is 0 Å². The second-order valence-corrected chi connectivity index (χ2v) is 8.28. The van der Waals surface area contributed by atoms with E-state index in [2.05, 4.69) is 75.9 Å². The molecule has 0 aliphatic rings. The Hall–Kier alpha value is -4.95. The van der Waals surface area contributed by atoms with E-state index in [1.54, 1.807) is 6.20 Å². The van der Waals surface area contributed by atoms with Crippen LogP contribution in [0.15, 0.2) is 103 Å². The molecule has 0 spiro atoms. The van der Waals surface area contributed by atoms with Crippen LogP contribution in [0.4, 0.5) is 0 Å². The van der Waals surface area contributed by atoms with Crippen LogP contribution in [0.3, 0.4) is 0 Å². The maximum absolute atomic E-state index is 9.48. The number of hydrogen-bond acceptors (Lipinski definition) is 3. The highest BCUT2D eigenvalue weighted by atomic mass is 15.0. The molecule has 0 saturated heterocycles. The Morgan fingerprint density at radius 2 is 1.32 bits per heavy atom. The van der Waals surface area contributed by atoms with E-state index in [1.807, 2.05) is 36.4 Å². The predicted octanol–water partition coefficient (Wildman–Crippen LogP) is 6.54. The molecule has 0 fully saturated rings. The Balaban J connectivity index is 1.69. The predicted molar refractivity (Wildman–Crippen MR) is 135 cm³/mol. The number of fused-ring (bicyclic) bond motifs is 6. The average Bonchev–Trinajstić information content (AvgIpc) is 3.40. The molecule has 0 bridgehead atoms. The number of hydrogen-bond donors (Lipinski definition) is 0. The third-order valence-electron chi connectivity index (χ3n) is 6.36. The molecule has 0 N–H and O–H groups in total. The van der Waals surface area contributed by atoms with Crippen LogP contribution in [0.2, 0.25) is 0 Å². The summed E-state index contributed by atoms with van der Waals surface area (Å²) in [6.07, 6.45) is 1.80. The zero-order valence-corrected chi connectivity index (χ0v) is 18.1. The summed E-state index contributed by atoms with van der Waals surface area (Å²) in [6, 6.07) is 34.8. The van der Waals surface area contributed by atoms with Gasteiger partial charge in [0.05, 0.1) is 39.2 Å². The fraction of sp³-hybridized carbons (Fsp3) is 0. The maximum Gasteiger partial charge on any atom is 0.116 e. The van der Waals surface area contributed by atoms with Gasteiger partial charge in [-0.3, -0.25) is 4.98 Å². The van der Waals surface area contributed by atoms with Crippen LogP contribution in [-0.4, -0.2) is 19.1 Å². The number of para-hydroxylation sites is 2. The molecule has 4 aromatic heterocycles. The normalized spacial score (nSPS) is 11.5. The second kappa shape index (κ2) is 7.03. The van der Waals surface area contributed by atoms with Gasteiger partial charge in [0.25, 0.3) is 0 Å². The molecule has 7 rings (SSSR count). The molecule has 4 heterocycles. The van der Waals surface area contributed by atoms with Crippen molar-refractivity contribution in [3.63, 3.8) is 0 Å². The lowest BCUT2D eigenvalue weighted by Gasteiger charge is -2.09. The van der Waals surface area contributed by atoms with Crippen molar-refractivity contribution in [1.82, 2.24) is 19.1 Å². The van der Waals surface area contributed by atoms with Gasteiger partial charge in [-0.1, -0.05) is 42.5 Å². The summed E-state index contributed by atoms with van der Waals surface area (Å²) in [5.74, 6) is 0. The number of benzene rings is 3. The van der Waals surface area contributed by atoms with Crippen LogP contribution in [-0.2, 0) is 0 Å². The van der Waals surface area contributed by atoms with Crippen LogP contribution in [0.1, 0.15) is 5.56 Å². The first-order chi connectivity index (χ1) is 16.8. The van der Waals surface area contributed by atoms with Crippen molar-refractivity contribution < 1.29 is 0 Å². The maximum atomic E-state index is 9.48. The van der Waals surface area contributed by atoms with Crippen molar-refractivity contribution in [2.24, 2.45) is 0 Å². The Labute approximate surface area is 194 Å². The van der Waals surface area contributed by atoms with Crippen LogP contribution < -0.4 is 0 Å². The van der Waals surface area contributed by atoms with Gasteiger partial charge in [0.1, 0.15) is 11.0 Å². The van der Waals surface area contributed by atoms with Crippen LogP contribution in [0.5, 0.6) is 0 Å². The highest BCUT2D eigenvalue weighted by molar-refractivity contribution is 6.14. The Morgan fingerprint density at radius 1 is 0.588 bits per heavy atom. The molecule has 0 saturated carbocycles. The fourth-order valence-corrected chi connectivity index (χ4v) is 4.94. The van der Waals surface area contributed by atoms with Crippen molar-refractivity contribution in [3.05, 3.63) is 109 Å². The zero-order chi connectivity index (χ0) is 22.6. The minimum Gasteiger partial charge on any atom is -0.308 e. The average molecular weight is 435 g/mol. The van der Waals surface area contributed by atoms with E-state index < -0.39 is 0 Å². The molecule has 0 radical (unpaired) electrons. The first-order valence-corrected chi connectivity index (χ1v) is 11.1. The second-order valence-electron chi connectivity index (χ2n) is 8.28. The molecule has 0 atom stereocenters. The lowest BCUT2D eigenvalue weighted by molar-refractivity contribution is 1.16. The van der Waals surface area contributed by atoms with Gasteiger partial charge in [0.2, 0.25) is 0 Å². The molecule has 0 aliphatic heterocycles. The quantitative estimate of drug-likeness (QED) is 0.310. The lowest BCUT2D eigenvalue weighted by Crippen LogP contribution is -1.96. The van der Waals surface area contributed by atoms with Gasteiger partial charge in [-0.15, -0.1) is 0 Å². The molecular formula is C29H17N5. The summed E-state index contributed by atoms with van der Waals surface area (Å²) >= 11 is 0. The van der Waals surface area contributed by atoms with Gasteiger partial charge < -0.3 is 9.13 Å². The molecule has 5 heteroatoms. The smallest absolute Gasteiger partial charge is 0.116 e. The molecule has 0 unspecified atom stereocenters. The van der Waals surface area contributed by atoms with E-state index in [0.29, 0.717) is 5.56 Å². The number of nitriles is 1. The molecule has 0 aliphatic carbocycles. The van der Waals surface area contributed by atoms with E-state index in [-0.39, 0.29) is 0 Å². The summed E-state index contributed by atoms with van der Waals surface area (Å²) in [7, 11) is 0. The molecule has 158 valence electrons. The van der Waals surface area contributed by atoms with Gasteiger partial charge in [0.15, 0.2) is 0 Å². The Kier molecular flexibility index (Phi) is 3.84. The van der Waals surface area contributed by atoms with E-state index in [1.165, 1.54) is 0 Å². The van der Waals surface area contributed by atoms with Crippen molar-refractivity contribution >= 4 is 44.0 Å². The molecular weight excluding hydrogens is 418 g/mol. The molecule has 3 aromatic carbocycles. The highest BCUT2D eigenvalue weighted by Gasteiger charge is 2.20. The van der Waals surface area contributed by atoms with Crippen molar-refractivity contribution in [2.45, 2.75) is 0 Å². The lowest BCUT2D eigenvalue weighted by atomic mass is 10.2. The van der Waals surface area contributed by atoms with Crippen LogP contribution >= 0.6 is 0 Å². The van der Waals surface area contributed by atoms with E-state index in [9.17, 15) is 5.26 Å². The van der Waals surface area contributed by atoms with Gasteiger partial charge >= 0.3 is 0 Å². The van der Waals surface area contributed by atoms with E-state index in [4.69, 9.17) is 9.97 Å². The standard InChI is InChI=1S/C29H17N5/c30-18-19-8-6-11-21(16-19)34-24-14-7-15-31-28(24)29-26(34)17-25-27(32-29)22-12-4-5-13-23(22)33(25)20-9-2-1-3-10-20/h1-17H. The molecule has 0 amide bonds. The number of pyridine rings is 2. The number of nitrogens with zero attached hydrogens (tertiary/aromatic N) is 5. The van der Waals surface area contributed by atoms with E-state index in [0.717, 1.165) is 55.4 Å². The van der Waals surface area contributed by atoms with Gasteiger partial charge in [-0.2, -0.15) is 5.26 Å². The summed E-state index contributed by atoms with van der Waals surface area (Å²) in [6.45, 7) is 0. The molecule has 34 heavy (non-hydrogen) atoms. The van der Waals surface area contributed by atoms with Crippen LogP contribution in [0.25, 0.3) is 55.4 Å². The summed E-state index contributed by atoms with van der Waals surface area (Å²) in [5.41, 5.74) is 9.31. The topological polar surface area (TPSA) is 59.4 Å². The summed E-state index contributed by atoms with van der Waals surface area (Å²) in [5, 5.41) is 10.6. The SMILES string of the molecule is N#Cc1cccc(-n2c3cccnc3c3nc4c5ccccc5n(-c5ccccc5)c4cc32)c1. The van der Waals surface area contributed by atoms with Crippen molar-refractivity contribution in [1.29, 1.82) is 5.26 Å². The van der Waals surface area contributed by atoms with Crippen LogP contribution in [0, 0.1) is 11.3 Å². The van der Waals surface area contributed by atoms with Crippen molar-refractivity contribution in [3.8, 4) is 17.4 Å². The third-order valence-corrected chi connectivity index (χ3v) is 6.36. The fourth-order valence-electron chi connectivity index (χ4n) is 4.94. The molecule has 5 nitrogen and oxygen atoms in total. The van der Waals surface area contributed by atoms with Gasteiger partial charge in [-0.25, -0.2) is 4.98 Å². The first kappa shape index (κ1) is 18.6. The van der Waals surface area contributed by atoms with Gasteiger partial charge in [-0.05, 0) is 54.6 Å². The number of rotatable bonds is 2.